The monoisotopic (exact) mass is 399 g/mol. The SMILES string of the molecule is CCOc1ccc(CN2CCNC(=O)C2CC(=O)NCc2cnn(CC)c2)cc1. The molecule has 2 N–H and O–H groups in total. The predicted octanol–water partition coefficient (Wildman–Crippen LogP) is 1.31. The van der Waals surface area contributed by atoms with Crippen LogP contribution in [0.4, 0.5) is 0 Å². The number of aryl methyl sites for hydroxylation is 1. The largest absolute Gasteiger partial charge is 0.494 e. The molecule has 2 aromatic rings. The summed E-state index contributed by atoms with van der Waals surface area (Å²) in [6, 6.07) is 7.39. The molecule has 29 heavy (non-hydrogen) atoms. The number of carbonyl (C=O) groups is 2. The third kappa shape index (κ3) is 5.80. The maximum atomic E-state index is 12.5. The van der Waals surface area contributed by atoms with Crippen molar-refractivity contribution in [2.75, 3.05) is 19.7 Å². The first kappa shape index (κ1) is 20.9. The molecule has 156 valence electrons. The highest BCUT2D eigenvalue weighted by Gasteiger charge is 2.31. The summed E-state index contributed by atoms with van der Waals surface area (Å²) in [6.45, 7) is 7.69. The first-order chi connectivity index (χ1) is 14.1. The molecule has 1 aromatic heterocycles. The Morgan fingerprint density at radius 2 is 2.07 bits per heavy atom. The Labute approximate surface area is 171 Å². The molecule has 0 bridgehead atoms. The van der Waals surface area contributed by atoms with Crippen LogP contribution >= 0.6 is 0 Å². The summed E-state index contributed by atoms with van der Waals surface area (Å²) in [5.41, 5.74) is 2.03. The molecule has 8 heteroatoms. The van der Waals surface area contributed by atoms with Gasteiger partial charge in [-0.2, -0.15) is 5.10 Å². The van der Waals surface area contributed by atoms with E-state index in [0.29, 0.717) is 32.8 Å². The molecule has 1 aromatic carbocycles. The fraction of sp³-hybridized carbons (Fsp3) is 0.476. The summed E-state index contributed by atoms with van der Waals surface area (Å²) in [7, 11) is 0. The fourth-order valence-corrected chi connectivity index (χ4v) is 3.38. The van der Waals surface area contributed by atoms with E-state index in [1.54, 1.807) is 6.20 Å². The van der Waals surface area contributed by atoms with Crippen LogP contribution in [0.5, 0.6) is 5.75 Å². The first-order valence-corrected chi connectivity index (χ1v) is 10.1. The number of nitrogens with one attached hydrogen (secondary N) is 2. The average molecular weight is 399 g/mol. The van der Waals surface area contributed by atoms with Gasteiger partial charge in [0.2, 0.25) is 11.8 Å². The molecule has 0 aliphatic carbocycles. The molecule has 3 rings (SSSR count). The van der Waals surface area contributed by atoms with E-state index in [1.165, 1.54) is 0 Å². The topological polar surface area (TPSA) is 88.5 Å². The Bertz CT molecular complexity index is 818. The van der Waals surface area contributed by atoms with E-state index in [1.807, 2.05) is 49.0 Å². The van der Waals surface area contributed by atoms with Crippen molar-refractivity contribution in [1.82, 2.24) is 25.3 Å². The lowest BCUT2D eigenvalue weighted by molar-refractivity contribution is -0.134. The molecule has 1 aliphatic heterocycles. The van der Waals surface area contributed by atoms with Crippen LogP contribution in [0.25, 0.3) is 0 Å². The van der Waals surface area contributed by atoms with Crippen LogP contribution < -0.4 is 15.4 Å². The Hall–Kier alpha value is -2.87. The number of amides is 2. The second-order valence-electron chi connectivity index (χ2n) is 7.04. The predicted molar refractivity (Wildman–Crippen MR) is 109 cm³/mol. The van der Waals surface area contributed by atoms with Crippen LogP contribution in [0.3, 0.4) is 0 Å². The average Bonchev–Trinajstić information content (AvgIpc) is 3.19. The van der Waals surface area contributed by atoms with Crippen molar-refractivity contribution in [2.24, 2.45) is 0 Å². The summed E-state index contributed by atoms with van der Waals surface area (Å²) in [5, 5.41) is 9.97. The molecule has 8 nitrogen and oxygen atoms in total. The minimum Gasteiger partial charge on any atom is -0.494 e. The van der Waals surface area contributed by atoms with Crippen LogP contribution in [0.15, 0.2) is 36.7 Å². The number of hydrogen-bond acceptors (Lipinski definition) is 5. The number of ether oxygens (including phenoxy) is 1. The molecule has 1 unspecified atom stereocenters. The number of aromatic nitrogens is 2. The summed E-state index contributed by atoms with van der Waals surface area (Å²) in [6.07, 6.45) is 3.78. The maximum absolute atomic E-state index is 12.5. The number of piperazine rings is 1. The number of rotatable bonds is 9. The minimum atomic E-state index is -0.478. The highest BCUT2D eigenvalue weighted by Crippen LogP contribution is 2.17. The van der Waals surface area contributed by atoms with Crippen molar-refractivity contribution >= 4 is 11.8 Å². The third-order valence-electron chi connectivity index (χ3n) is 4.94. The summed E-state index contributed by atoms with van der Waals surface area (Å²) in [5.74, 6) is 0.582. The van der Waals surface area contributed by atoms with Gasteiger partial charge in [0.05, 0.1) is 25.3 Å². The second kappa shape index (κ2) is 10.1. The van der Waals surface area contributed by atoms with Crippen LogP contribution in [0.1, 0.15) is 31.4 Å². The lowest BCUT2D eigenvalue weighted by atomic mass is 10.1. The molecule has 0 radical (unpaired) electrons. The molecule has 2 heterocycles. The van der Waals surface area contributed by atoms with Crippen LogP contribution in [0, 0.1) is 0 Å². The van der Waals surface area contributed by atoms with E-state index in [9.17, 15) is 9.59 Å². The summed E-state index contributed by atoms with van der Waals surface area (Å²) in [4.78, 5) is 26.9. The highest BCUT2D eigenvalue weighted by molar-refractivity contribution is 5.88. The smallest absolute Gasteiger partial charge is 0.237 e. The van der Waals surface area contributed by atoms with Crippen molar-refractivity contribution in [3.8, 4) is 5.75 Å². The van der Waals surface area contributed by atoms with Gasteiger partial charge in [0.15, 0.2) is 0 Å². The van der Waals surface area contributed by atoms with E-state index in [4.69, 9.17) is 4.74 Å². The molecule has 2 amide bonds. The number of hydrogen-bond donors (Lipinski definition) is 2. The normalized spacial score (nSPS) is 17.0. The Kier molecular flexibility index (Phi) is 7.24. The third-order valence-corrected chi connectivity index (χ3v) is 4.94. The standard InChI is InChI=1S/C21H29N5O3/c1-3-26-15-17(13-24-26)12-23-20(27)11-19-21(28)22-9-10-25(19)14-16-5-7-18(8-6-16)29-4-2/h5-8,13,15,19H,3-4,9-12,14H2,1-2H3,(H,22,28)(H,23,27). The molecule has 0 saturated carbocycles. The van der Waals surface area contributed by atoms with Gasteiger partial charge in [-0.25, -0.2) is 0 Å². The molecule has 1 fully saturated rings. The van der Waals surface area contributed by atoms with Crippen molar-refractivity contribution in [3.63, 3.8) is 0 Å². The maximum Gasteiger partial charge on any atom is 0.237 e. The molecular formula is C21H29N5O3. The molecule has 0 spiro atoms. The summed E-state index contributed by atoms with van der Waals surface area (Å²) >= 11 is 0. The van der Waals surface area contributed by atoms with E-state index in [2.05, 4.69) is 20.6 Å². The van der Waals surface area contributed by atoms with Gasteiger partial charge in [-0.1, -0.05) is 12.1 Å². The second-order valence-corrected chi connectivity index (χ2v) is 7.04. The van der Waals surface area contributed by atoms with Crippen molar-refractivity contribution in [1.29, 1.82) is 0 Å². The first-order valence-electron chi connectivity index (χ1n) is 10.1. The zero-order valence-corrected chi connectivity index (χ0v) is 17.1. The van der Waals surface area contributed by atoms with Gasteiger partial charge in [-0.05, 0) is 31.5 Å². The van der Waals surface area contributed by atoms with Gasteiger partial charge in [-0.15, -0.1) is 0 Å². The Balaban J connectivity index is 1.57. The number of nitrogens with zero attached hydrogens (tertiary/aromatic N) is 3. The molecular weight excluding hydrogens is 370 g/mol. The van der Waals surface area contributed by atoms with Crippen molar-refractivity contribution in [3.05, 3.63) is 47.8 Å². The quantitative estimate of drug-likeness (QED) is 0.664. The fourth-order valence-electron chi connectivity index (χ4n) is 3.38. The Morgan fingerprint density at radius 3 is 2.76 bits per heavy atom. The summed E-state index contributed by atoms with van der Waals surface area (Å²) < 4.78 is 7.29. The van der Waals surface area contributed by atoms with E-state index >= 15 is 0 Å². The van der Waals surface area contributed by atoms with Crippen molar-refractivity contribution < 1.29 is 14.3 Å². The van der Waals surface area contributed by atoms with E-state index in [0.717, 1.165) is 23.4 Å². The lowest BCUT2D eigenvalue weighted by Gasteiger charge is -2.34. The molecule has 1 atom stereocenters. The lowest BCUT2D eigenvalue weighted by Crippen LogP contribution is -2.56. The minimum absolute atomic E-state index is 0.101. The van der Waals surface area contributed by atoms with E-state index in [-0.39, 0.29) is 18.2 Å². The van der Waals surface area contributed by atoms with Gasteiger partial charge >= 0.3 is 0 Å². The zero-order valence-electron chi connectivity index (χ0n) is 17.1. The molecule has 1 aliphatic rings. The number of carbonyl (C=O) groups excluding carboxylic acids is 2. The van der Waals surface area contributed by atoms with Crippen LogP contribution in [-0.4, -0.2) is 52.2 Å². The Morgan fingerprint density at radius 1 is 1.28 bits per heavy atom. The van der Waals surface area contributed by atoms with Crippen LogP contribution in [0.2, 0.25) is 0 Å². The van der Waals surface area contributed by atoms with Crippen LogP contribution in [-0.2, 0) is 29.2 Å². The zero-order chi connectivity index (χ0) is 20.6. The molecule has 1 saturated heterocycles. The number of benzene rings is 1. The highest BCUT2D eigenvalue weighted by atomic mass is 16.5. The van der Waals surface area contributed by atoms with Gasteiger partial charge in [-0.3, -0.25) is 19.2 Å². The van der Waals surface area contributed by atoms with E-state index < -0.39 is 6.04 Å². The van der Waals surface area contributed by atoms with Crippen molar-refractivity contribution in [2.45, 2.75) is 45.9 Å². The van der Waals surface area contributed by atoms with Gasteiger partial charge in [0.1, 0.15) is 5.75 Å². The van der Waals surface area contributed by atoms with Gasteiger partial charge < -0.3 is 15.4 Å². The van der Waals surface area contributed by atoms with Gasteiger partial charge in [0, 0.05) is 44.5 Å². The van der Waals surface area contributed by atoms with Gasteiger partial charge in [0.25, 0.3) is 0 Å².